The van der Waals surface area contributed by atoms with E-state index < -0.39 is 4.92 Å². The molecule has 8 heteroatoms. The van der Waals surface area contributed by atoms with E-state index in [1.165, 1.54) is 23.5 Å². The quantitative estimate of drug-likeness (QED) is 0.547. The number of rotatable bonds is 5. The van der Waals surface area contributed by atoms with Crippen molar-refractivity contribution in [2.75, 3.05) is 5.43 Å². The highest BCUT2D eigenvalue weighted by atomic mass is 32.1. The smallest absolute Gasteiger partial charge is 0.269 e. The first-order valence-corrected chi connectivity index (χ1v) is 7.83. The van der Waals surface area contributed by atoms with Crippen LogP contribution in [0.15, 0.2) is 60.0 Å². The lowest BCUT2D eigenvalue weighted by molar-refractivity contribution is -0.384. The van der Waals surface area contributed by atoms with Crippen LogP contribution < -0.4 is 10.9 Å². The molecule has 1 aromatic heterocycles. The molecule has 0 aliphatic heterocycles. The van der Waals surface area contributed by atoms with Gasteiger partial charge in [0.15, 0.2) is 0 Å². The molecule has 3 rings (SSSR count). The van der Waals surface area contributed by atoms with Gasteiger partial charge < -0.3 is 0 Å². The Morgan fingerprint density at radius 3 is 2.46 bits per heavy atom. The zero-order valence-electron chi connectivity index (χ0n) is 12.3. The van der Waals surface area contributed by atoms with Crippen LogP contribution in [0.2, 0.25) is 0 Å². The largest absolute Gasteiger partial charge is 0.273 e. The van der Waals surface area contributed by atoms with Gasteiger partial charge in [-0.1, -0.05) is 18.2 Å². The number of nitrogens with zero attached hydrogens (tertiary/aromatic N) is 2. The van der Waals surface area contributed by atoms with Crippen molar-refractivity contribution in [3.05, 3.63) is 75.7 Å². The average Bonchev–Trinajstić information content (AvgIpc) is 3.09. The van der Waals surface area contributed by atoms with Gasteiger partial charge in [0.25, 0.3) is 11.6 Å². The van der Waals surface area contributed by atoms with E-state index >= 15 is 0 Å². The molecule has 0 unspecified atom stereocenters. The fourth-order valence-electron chi connectivity index (χ4n) is 1.99. The van der Waals surface area contributed by atoms with Crippen LogP contribution in [-0.4, -0.2) is 15.8 Å². The predicted octanol–water partition coefficient (Wildman–Crippen LogP) is 3.48. The Kier molecular flexibility index (Phi) is 4.48. The lowest BCUT2D eigenvalue weighted by Crippen LogP contribution is -2.29. The van der Waals surface area contributed by atoms with Crippen LogP contribution in [-0.2, 0) is 0 Å². The van der Waals surface area contributed by atoms with E-state index in [2.05, 4.69) is 15.8 Å². The highest BCUT2D eigenvalue weighted by Crippen LogP contribution is 2.26. The van der Waals surface area contributed by atoms with Gasteiger partial charge in [0, 0.05) is 28.6 Å². The van der Waals surface area contributed by atoms with Crippen LogP contribution in [0.5, 0.6) is 0 Å². The summed E-state index contributed by atoms with van der Waals surface area (Å²) in [6.07, 6.45) is 0. The number of aromatic nitrogens is 1. The lowest BCUT2D eigenvalue weighted by atomic mass is 10.1. The fourth-order valence-corrected chi connectivity index (χ4v) is 2.66. The summed E-state index contributed by atoms with van der Waals surface area (Å²) in [5, 5.41) is 13.0. The van der Waals surface area contributed by atoms with E-state index in [-0.39, 0.29) is 11.6 Å². The molecule has 120 valence electrons. The van der Waals surface area contributed by atoms with Gasteiger partial charge in [-0.15, -0.1) is 11.3 Å². The van der Waals surface area contributed by atoms with Gasteiger partial charge in [-0.05, 0) is 24.3 Å². The first kappa shape index (κ1) is 15.6. The third-order valence-electron chi connectivity index (χ3n) is 3.20. The number of thiazole rings is 1. The van der Waals surface area contributed by atoms with Gasteiger partial charge in [-0.25, -0.2) is 4.98 Å². The number of hydrogen-bond acceptors (Lipinski definition) is 6. The molecule has 0 saturated carbocycles. The van der Waals surface area contributed by atoms with Crippen LogP contribution in [0.3, 0.4) is 0 Å². The molecule has 0 saturated heterocycles. The molecule has 0 radical (unpaired) electrons. The van der Waals surface area contributed by atoms with Crippen molar-refractivity contribution in [3.63, 3.8) is 0 Å². The molecule has 3 aromatic rings. The second-order valence-electron chi connectivity index (χ2n) is 4.79. The zero-order chi connectivity index (χ0) is 16.9. The predicted molar refractivity (Wildman–Crippen MR) is 91.7 cm³/mol. The lowest BCUT2D eigenvalue weighted by Gasteiger charge is -2.05. The van der Waals surface area contributed by atoms with Gasteiger partial charge in [-0.2, -0.15) is 0 Å². The number of nitro groups is 1. The van der Waals surface area contributed by atoms with E-state index in [1.54, 1.807) is 41.8 Å². The third-order valence-corrected chi connectivity index (χ3v) is 3.95. The maximum absolute atomic E-state index is 11.9. The summed E-state index contributed by atoms with van der Waals surface area (Å²) in [5.41, 5.74) is 7.34. The molecule has 0 atom stereocenters. The van der Waals surface area contributed by atoms with Gasteiger partial charge in [0.1, 0.15) is 0 Å². The monoisotopic (exact) mass is 340 g/mol. The van der Waals surface area contributed by atoms with Crippen molar-refractivity contribution < 1.29 is 9.72 Å². The highest BCUT2D eigenvalue weighted by Gasteiger charge is 2.09. The van der Waals surface area contributed by atoms with Crippen LogP contribution >= 0.6 is 11.3 Å². The van der Waals surface area contributed by atoms with Crippen molar-refractivity contribution in [1.82, 2.24) is 10.4 Å². The minimum absolute atomic E-state index is 0.0300. The first-order valence-electron chi connectivity index (χ1n) is 6.95. The van der Waals surface area contributed by atoms with Crippen LogP contribution in [0.1, 0.15) is 10.4 Å². The first-order chi connectivity index (χ1) is 11.6. The Labute approximate surface area is 141 Å². The summed E-state index contributed by atoms with van der Waals surface area (Å²) < 4.78 is 0. The van der Waals surface area contributed by atoms with Crippen molar-refractivity contribution in [2.45, 2.75) is 0 Å². The van der Waals surface area contributed by atoms with Crippen LogP contribution in [0.25, 0.3) is 11.3 Å². The van der Waals surface area contributed by atoms with Crippen molar-refractivity contribution in [2.24, 2.45) is 0 Å². The highest BCUT2D eigenvalue weighted by molar-refractivity contribution is 7.14. The number of carbonyl (C=O) groups is 1. The molecule has 0 spiro atoms. The molecule has 0 aliphatic rings. The Balaban J connectivity index is 1.65. The normalized spacial score (nSPS) is 10.2. The van der Waals surface area contributed by atoms with Gasteiger partial charge in [0.2, 0.25) is 5.13 Å². The number of hydrogen-bond donors (Lipinski definition) is 2. The molecule has 24 heavy (non-hydrogen) atoms. The van der Waals surface area contributed by atoms with Gasteiger partial charge in [-0.3, -0.25) is 25.8 Å². The molecule has 7 nitrogen and oxygen atoms in total. The van der Waals surface area contributed by atoms with E-state index in [9.17, 15) is 14.9 Å². The Hall–Kier alpha value is -3.26. The Bertz CT molecular complexity index is 863. The maximum Gasteiger partial charge on any atom is 0.269 e. The SMILES string of the molecule is O=C(NNc1nc(-c2ccc([N+](=O)[O-])cc2)cs1)c1ccccc1. The Morgan fingerprint density at radius 2 is 1.79 bits per heavy atom. The van der Waals surface area contributed by atoms with Crippen LogP contribution in [0, 0.1) is 10.1 Å². The van der Waals surface area contributed by atoms with Gasteiger partial charge >= 0.3 is 0 Å². The molecular formula is C16H12N4O3S. The second-order valence-corrected chi connectivity index (χ2v) is 5.65. The van der Waals surface area contributed by atoms with Gasteiger partial charge in [0.05, 0.1) is 10.6 Å². The maximum atomic E-state index is 11.9. The average molecular weight is 340 g/mol. The van der Waals surface area contributed by atoms with Crippen molar-refractivity contribution >= 4 is 28.1 Å². The summed E-state index contributed by atoms with van der Waals surface area (Å²) in [6.45, 7) is 0. The Morgan fingerprint density at radius 1 is 1.08 bits per heavy atom. The number of anilines is 1. The number of carbonyl (C=O) groups excluding carboxylic acids is 1. The standard InChI is InChI=1S/C16H12N4O3S/c21-15(12-4-2-1-3-5-12)18-19-16-17-14(10-24-16)11-6-8-13(9-7-11)20(22)23/h1-10H,(H,17,19)(H,18,21). The fraction of sp³-hybridized carbons (Fsp3) is 0. The minimum atomic E-state index is -0.447. The van der Waals surface area contributed by atoms with Crippen LogP contribution in [0.4, 0.5) is 10.8 Å². The molecule has 0 aliphatic carbocycles. The number of amides is 1. The van der Waals surface area contributed by atoms with Crippen molar-refractivity contribution in [3.8, 4) is 11.3 Å². The van der Waals surface area contributed by atoms with E-state index in [1.807, 2.05) is 6.07 Å². The molecule has 1 heterocycles. The summed E-state index contributed by atoms with van der Waals surface area (Å²) in [6, 6.07) is 15.0. The molecule has 0 fully saturated rings. The number of nitro benzene ring substituents is 1. The summed E-state index contributed by atoms with van der Waals surface area (Å²) in [7, 11) is 0. The number of nitrogens with one attached hydrogen (secondary N) is 2. The second kappa shape index (κ2) is 6.88. The summed E-state index contributed by atoms with van der Waals surface area (Å²) >= 11 is 1.32. The topological polar surface area (TPSA) is 97.2 Å². The number of hydrazine groups is 1. The third kappa shape index (κ3) is 3.55. The molecule has 1 amide bonds. The molecule has 0 bridgehead atoms. The molecule has 2 aromatic carbocycles. The summed E-state index contributed by atoms with van der Waals surface area (Å²) in [5.74, 6) is -0.261. The zero-order valence-corrected chi connectivity index (χ0v) is 13.1. The van der Waals surface area contributed by atoms with E-state index in [0.717, 1.165) is 5.56 Å². The summed E-state index contributed by atoms with van der Waals surface area (Å²) in [4.78, 5) is 26.5. The minimum Gasteiger partial charge on any atom is -0.273 e. The molecule has 2 N–H and O–H groups in total. The molecular weight excluding hydrogens is 328 g/mol. The van der Waals surface area contributed by atoms with E-state index in [0.29, 0.717) is 16.4 Å². The number of benzene rings is 2. The van der Waals surface area contributed by atoms with E-state index in [4.69, 9.17) is 0 Å². The van der Waals surface area contributed by atoms with Crippen molar-refractivity contribution in [1.29, 1.82) is 0 Å². The number of non-ortho nitro benzene ring substituents is 1.